The van der Waals surface area contributed by atoms with Crippen LogP contribution in [-0.4, -0.2) is 102 Å². The largest absolute Gasteiger partial charge is 0.496 e. The van der Waals surface area contributed by atoms with Gasteiger partial charge in [0.15, 0.2) is 0 Å². The topological polar surface area (TPSA) is 112 Å². The van der Waals surface area contributed by atoms with Gasteiger partial charge in [0.2, 0.25) is 0 Å². The van der Waals surface area contributed by atoms with Crippen LogP contribution in [0.15, 0.2) is 49.1 Å². The van der Waals surface area contributed by atoms with Crippen molar-refractivity contribution in [3.8, 4) is 22.8 Å². The molecule has 4 aromatic rings. The highest BCUT2D eigenvalue weighted by atomic mass is 35.5. The van der Waals surface area contributed by atoms with Crippen molar-refractivity contribution in [1.82, 2.24) is 24.3 Å². The van der Waals surface area contributed by atoms with Gasteiger partial charge in [-0.05, 0) is 18.6 Å². The molecule has 2 aliphatic rings. The fourth-order valence-corrected chi connectivity index (χ4v) is 5.90. The van der Waals surface area contributed by atoms with Gasteiger partial charge in [0.05, 0.1) is 31.0 Å². The second-order valence-corrected chi connectivity index (χ2v) is 10.9. The maximum absolute atomic E-state index is 11.4. The molecule has 0 spiro atoms. The molecule has 1 amide bonds. The van der Waals surface area contributed by atoms with E-state index in [2.05, 4.69) is 36.8 Å². The van der Waals surface area contributed by atoms with Gasteiger partial charge in [-0.1, -0.05) is 11.6 Å². The predicted octanol–water partition coefficient (Wildman–Crippen LogP) is 3.98. The van der Waals surface area contributed by atoms with E-state index in [1.807, 2.05) is 28.9 Å². The lowest BCUT2D eigenvalue weighted by Gasteiger charge is -2.37. The second-order valence-electron chi connectivity index (χ2n) is 10.5. The molecular formula is C29H33ClN8O4. The standard InChI is InChI=1S/C29H33ClN8O4/c1-34(29(39)40)20-5-7-37(16-20)27-15-26(31-18-32-27)36-10-8-35(9-11-36)19-4-6-38-17-23(33-28(38)12-19)21-13-22(30)25(42-3)14-24(21)41-2/h4,6,12-15,17-18,20H,5,7-11,16H2,1-3H3,(H,39,40). The predicted molar refractivity (Wildman–Crippen MR) is 162 cm³/mol. The molecule has 3 aromatic heterocycles. The first-order valence-corrected chi connectivity index (χ1v) is 14.2. The number of hydrogen-bond acceptors (Lipinski definition) is 9. The molecule has 0 aliphatic carbocycles. The molecule has 1 unspecified atom stereocenters. The third-order valence-corrected chi connectivity index (χ3v) is 8.43. The Bertz CT molecular complexity index is 1610. The van der Waals surface area contributed by atoms with Crippen molar-refractivity contribution in [2.45, 2.75) is 12.5 Å². The van der Waals surface area contributed by atoms with E-state index in [-0.39, 0.29) is 6.04 Å². The zero-order valence-electron chi connectivity index (χ0n) is 23.8. The third-order valence-electron chi connectivity index (χ3n) is 8.14. The van der Waals surface area contributed by atoms with Crippen LogP contribution in [0.25, 0.3) is 16.9 Å². The Balaban J connectivity index is 1.13. The zero-order valence-corrected chi connectivity index (χ0v) is 24.5. The lowest BCUT2D eigenvalue weighted by atomic mass is 10.1. The average molecular weight is 593 g/mol. The molecule has 2 aliphatic heterocycles. The first-order chi connectivity index (χ1) is 20.3. The fourth-order valence-electron chi connectivity index (χ4n) is 5.66. The molecule has 13 heteroatoms. The van der Waals surface area contributed by atoms with E-state index in [0.717, 1.165) is 73.4 Å². The van der Waals surface area contributed by atoms with Crippen molar-refractivity contribution < 1.29 is 19.4 Å². The summed E-state index contributed by atoms with van der Waals surface area (Å²) in [5.41, 5.74) is 3.49. The summed E-state index contributed by atoms with van der Waals surface area (Å²) in [4.78, 5) is 33.4. The molecule has 6 rings (SSSR count). The molecule has 2 saturated heterocycles. The van der Waals surface area contributed by atoms with Crippen LogP contribution in [0.1, 0.15) is 6.42 Å². The van der Waals surface area contributed by atoms with Gasteiger partial charge in [0.1, 0.15) is 35.1 Å². The number of methoxy groups -OCH3 is 2. The Kier molecular flexibility index (Phi) is 7.55. The molecular weight excluding hydrogens is 560 g/mol. The van der Waals surface area contributed by atoms with E-state index >= 15 is 0 Å². The number of benzene rings is 1. The van der Waals surface area contributed by atoms with E-state index in [1.54, 1.807) is 33.7 Å². The van der Waals surface area contributed by atoms with Gasteiger partial charge < -0.3 is 38.6 Å². The number of fused-ring (bicyclic) bond motifs is 1. The second kappa shape index (κ2) is 11.4. The van der Waals surface area contributed by atoms with Crippen molar-refractivity contribution in [3.63, 3.8) is 0 Å². The van der Waals surface area contributed by atoms with Crippen LogP contribution in [-0.2, 0) is 0 Å². The molecule has 1 atom stereocenters. The van der Waals surface area contributed by atoms with Crippen LogP contribution in [0.2, 0.25) is 5.02 Å². The van der Waals surface area contributed by atoms with Gasteiger partial charge in [-0.3, -0.25) is 0 Å². The summed E-state index contributed by atoms with van der Waals surface area (Å²) in [6, 6.07) is 9.76. The van der Waals surface area contributed by atoms with Gasteiger partial charge in [-0.2, -0.15) is 0 Å². The molecule has 1 N–H and O–H groups in total. The highest BCUT2D eigenvalue weighted by Gasteiger charge is 2.29. The number of hydrogen-bond donors (Lipinski definition) is 1. The summed E-state index contributed by atoms with van der Waals surface area (Å²) in [7, 11) is 4.81. The minimum atomic E-state index is -0.905. The molecule has 220 valence electrons. The van der Waals surface area contributed by atoms with Crippen LogP contribution in [0.4, 0.5) is 22.1 Å². The van der Waals surface area contributed by atoms with E-state index in [0.29, 0.717) is 23.1 Å². The molecule has 42 heavy (non-hydrogen) atoms. The third kappa shape index (κ3) is 5.29. The quantitative estimate of drug-likeness (QED) is 0.338. The molecule has 1 aromatic carbocycles. The number of rotatable bonds is 7. The summed E-state index contributed by atoms with van der Waals surface area (Å²) in [5, 5.41) is 9.81. The maximum Gasteiger partial charge on any atom is 0.407 e. The normalized spacial score (nSPS) is 17.1. The number of amides is 1. The number of pyridine rings is 1. The average Bonchev–Trinajstić information content (AvgIpc) is 3.68. The first-order valence-electron chi connectivity index (χ1n) is 13.8. The van der Waals surface area contributed by atoms with E-state index in [9.17, 15) is 9.90 Å². The van der Waals surface area contributed by atoms with Crippen LogP contribution in [0.3, 0.4) is 0 Å². The molecule has 12 nitrogen and oxygen atoms in total. The zero-order chi connectivity index (χ0) is 29.4. The SMILES string of the molecule is COc1cc(OC)c(-c2cn3ccc(N4CCN(c5cc(N6CCC(N(C)C(=O)O)C6)ncn5)CC4)cc3n2)cc1Cl. The van der Waals surface area contributed by atoms with Crippen LogP contribution < -0.4 is 24.2 Å². The Hall–Kier alpha value is -4.45. The smallest absolute Gasteiger partial charge is 0.407 e. The Labute approximate surface area is 248 Å². The Morgan fingerprint density at radius 2 is 1.69 bits per heavy atom. The number of likely N-dealkylation sites (N-methyl/N-ethyl adjacent to an activating group) is 1. The highest BCUT2D eigenvalue weighted by Crippen LogP contribution is 2.38. The van der Waals surface area contributed by atoms with Crippen molar-refractivity contribution in [2.75, 3.05) is 75.2 Å². The highest BCUT2D eigenvalue weighted by molar-refractivity contribution is 6.32. The molecule has 2 fully saturated rings. The van der Waals surface area contributed by atoms with Crippen molar-refractivity contribution >= 4 is 40.7 Å². The van der Waals surface area contributed by atoms with Crippen LogP contribution >= 0.6 is 11.6 Å². The van der Waals surface area contributed by atoms with Crippen LogP contribution in [0.5, 0.6) is 11.5 Å². The Morgan fingerprint density at radius 1 is 0.976 bits per heavy atom. The minimum Gasteiger partial charge on any atom is -0.496 e. The van der Waals surface area contributed by atoms with E-state index < -0.39 is 6.09 Å². The van der Waals surface area contributed by atoms with Gasteiger partial charge >= 0.3 is 6.09 Å². The number of anilines is 3. The number of piperazine rings is 1. The van der Waals surface area contributed by atoms with Crippen molar-refractivity contribution in [1.29, 1.82) is 0 Å². The van der Waals surface area contributed by atoms with Gasteiger partial charge in [0, 0.05) is 88.2 Å². The molecule has 5 heterocycles. The number of carboxylic acid groups (broad SMARTS) is 1. The summed E-state index contributed by atoms with van der Waals surface area (Å²) in [5.74, 6) is 2.91. The summed E-state index contributed by atoms with van der Waals surface area (Å²) in [6.45, 7) is 4.69. The summed E-state index contributed by atoms with van der Waals surface area (Å²) >= 11 is 6.40. The number of ether oxygens (including phenoxy) is 2. The van der Waals surface area contributed by atoms with Crippen molar-refractivity contribution in [2.24, 2.45) is 0 Å². The number of carbonyl (C=O) groups is 1. The van der Waals surface area contributed by atoms with Gasteiger partial charge in [-0.15, -0.1) is 0 Å². The van der Waals surface area contributed by atoms with E-state index in [1.165, 1.54) is 4.90 Å². The number of halogens is 1. The number of imidazole rings is 1. The molecule has 0 saturated carbocycles. The number of aromatic nitrogens is 4. The molecule has 0 bridgehead atoms. The summed E-state index contributed by atoms with van der Waals surface area (Å²) < 4.78 is 12.9. The first kappa shape index (κ1) is 27.7. The fraction of sp³-hybridized carbons (Fsp3) is 0.379. The lowest BCUT2D eigenvalue weighted by molar-refractivity contribution is 0.142. The number of nitrogens with zero attached hydrogens (tertiary/aromatic N) is 8. The minimum absolute atomic E-state index is 0.0380. The van der Waals surface area contributed by atoms with E-state index in [4.69, 9.17) is 26.1 Å². The van der Waals surface area contributed by atoms with Crippen molar-refractivity contribution in [3.05, 3.63) is 54.1 Å². The molecule has 0 radical (unpaired) electrons. The lowest BCUT2D eigenvalue weighted by Crippen LogP contribution is -2.47. The van der Waals surface area contributed by atoms with Gasteiger partial charge in [0.25, 0.3) is 0 Å². The van der Waals surface area contributed by atoms with Gasteiger partial charge in [-0.25, -0.2) is 19.7 Å². The van der Waals surface area contributed by atoms with Crippen LogP contribution in [0, 0.1) is 0 Å². The Morgan fingerprint density at radius 3 is 2.40 bits per heavy atom. The monoisotopic (exact) mass is 592 g/mol. The maximum atomic E-state index is 11.4. The summed E-state index contributed by atoms with van der Waals surface area (Å²) in [6.07, 6.45) is 5.46.